The number of ether oxygens (including phenoxy) is 2. The first-order valence-electron chi connectivity index (χ1n) is 10.8. The molecule has 0 bridgehead atoms. The lowest BCUT2D eigenvalue weighted by atomic mass is 9.47. The Kier molecular flexibility index (Phi) is 5.16. The van der Waals surface area contributed by atoms with Gasteiger partial charge in [0.25, 0.3) is 0 Å². The van der Waals surface area contributed by atoms with E-state index >= 15 is 0 Å². The second-order valence-corrected chi connectivity index (χ2v) is 10.1. The third-order valence-electron chi connectivity index (χ3n) is 8.69. The molecule has 4 aliphatic rings. The normalized spacial score (nSPS) is 44.5. The number of fused-ring (bicyclic) bond motifs is 5. The Labute approximate surface area is 168 Å². The summed E-state index contributed by atoms with van der Waals surface area (Å²) in [7, 11) is 1.58. The fraction of sp³-hybridized carbons (Fsp3) is 0.750. The third-order valence-corrected chi connectivity index (χ3v) is 8.69. The topological polar surface area (TPSA) is 52.6 Å². The van der Waals surface area contributed by atoms with E-state index in [0.29, 0.717) is 23.7 Å². The molecule has 4 aliphatic carbocycles. The first-order chi connectivity index (χ1) is 13.3. The summed E-state index contributed by atoms with van der Waals surface area (Å²) in [6.07, 6.45) is 11.4. The average molecular weight is 387 g/mol. The van der Waals surface area contributed by atoms with Crippen LogP contribution in [0, 0.1) is 40.4 Å². The van der Waals surface area contributed by atoms with Crippen LogP contribution in [0.3, 0.4) is 0 Å². The molecule has 4 heteroatoms. The zero-order valence-corrected chi connectivity index (χ0v) is 17.7. The Morgan fingerprint density at radius 1 is 1.25 bits per heavy atom. The smallest absolute Gasteiger partial charge is 0.178 e. The van der Waals surface area contributed by atoms with E-state index < -0.39 is 0 Å². The summed E-state index contributed by atoms with van der Waals surface area (Å²) in [6.45, 7) is 7.29. The van der Waals surface area contributed by atoms with Gasteiger partial charge in [0.1, 0.15) is 13.4 Å². The van der Waals surface area contributed by atoms with Crippen LogP contribution >= 0.6 is 0 Å². The van der Waals surface area contributed by atoms with Gasteiger partial charge in [-0.1, -0.05) is 32.4 Å². The number of allylic oxidation sites excluding steroid dienone is 4. The second kappa shape index (κ2) is 7.21. The van der Waals surface area contributed by atoms with Crippen molar-refractivity contribution in [1.29, 1.82) is 0 Å². The Morgan fingerprint density at radius 3 is 2.79 bits per heavy atom. The number of ketones is 2. The molecule has 0 radical (unpaired) electrons. The van der Waals surface area contributed by atoms with Gasteiger partial charge in [0.15, 0.2) is 11.6 Å². The molecule has 3 fully saturated rings. The number of rotatable bonds is 5. The van der Waals surface area contributed by atoms with E-state index in [1.165, 1.54) is 5.57 Å². The predicted octanol–water partition coefficient (Wildman–Crippen LogP) is 4.35. The highest BCUT2D eigenvalue weighted by Crippen LogP contribution is 2.67. The van der Waals surface area contributed by atoms with Gasteiger partial charge in [0, 0.05) is 18.4 Å². The molecule has 4 rings (SSSR count). The van der Waals surface area contributed by atoms with Crippen LogP contribution in [0.2, 0.25) is 0 Å². The van der Waals surface area contributed by atoms with Crippen LogP contribution in [-0.2, 0) is 19.1 Å². The van der Waals surface area contributed by atoms with Crippen LogP contribution in [0.4, 0.5) is 0 Å². The van der Waals surface area contributed by atoms with Crippen molar-refractivity contribution in [2.75, 3.05) is 20.5 Å². The van der Waals surface area contributed by atoms with Crippen LogP contribution in [0.1, 0.15) is 52.9 Å². The zero-order chi connectivity index (χ0) is 20.1. The molecule has 4 nitrogen and oxygen atoms in total. The van der Waals surface area contributed by atoms with Crippen LogP contribution in [-0.4, -0.2) is 32.1 Å². The monoisotopic (exact) mass is 386 g/mol. The van der Waals surface area contributed by atoms with Crippen molar-refractivity contribution in [2.45, 2.75) is 52.9 Å². The standard InChI is InChI=1S/C24H34O4/c1-15-11-20-18-6-5-16-12-17(25)7-9-23(16,2)19(18)8-10-24(20,3)22(15)21(26)13-28-14-27-4/h7,9,12,15,18-20,22H,5-6,8,10-11,13-14H2,1-4H3/t15-,18+,19-,20-,22+,23-,24-/m0/s1. The fourth-order valence-electron chi connectivity index (χ4n) is 7.56. The largest absolute Gasteiger partial charge is 0.359 e. The molecule has 7 atom stereocenters. The number of hydrogen-bond acceptors (Lipinski definition) is 4. The van der Waals surface area contributed by atoms with Crippen molar-refractivity contribution in [1.82, 2.24) is 0 Å². The zero-order valence-electron chi connectivity index (χ0n) is 17.7. The van der Waals surface area contributed by atoms with Gasteiger partial charge in [-0.15, -0.1) is 0 Å². The summed E-state index contributed by atoms with van der Waals surface area (Å²) in [5, 5.41) is 0. The van der Waals surface area contributed by atoms with E-state index in [1.807, 2.05) is 6.08 Å². The van der Waals surface area contributed by atoms with Crippen LogP contribution in [0.5, 0.6) is 0 Å². The van der Waals surface area contributed by atoms with E-state index in [0.717, 1.165) is 32.1 Å². The van der Waals surface area contributed by atoms with Gasteiger partial charge in [0.2, 0.25) is 0 Å². The van der Waals surface area contributed by atoms with E-state index in [2.05, 4.69) is 26.8 Å². The van der Waals surface area contributed by atoms with Crippen LogP contribution in [0.15, 0.2) is 23.8 Å². The van der Waals surface area contributed by atoms with Crippen molar-refractivity contribution in [3.63, 3.8) is 0 Å². The van der Waals surface area contributed by atoms with E-state index in [9.17, 15) is 9.59 Å². The van der Waals surface area contributed by atoms with Gasteiger partial charge in [-0.2, -0.15) is 0 Å². The van der Waals surface area contributed by atoms with E-state index in [4.69, 9.17) is 9.47 Å². The Morgan fingerprint density at radius 2 is 2.04 bits per heavy atom. The van der Waals surface area contributed by atoms with E-state index in [-0.39, 0.29) is 41.7 Å². The van der Waals surface area contributed by atoms with Crippen molar-refractivity contribution in [2.24, 2.45) is 40.4 Å². The van der Waals surface area contributed by atoms with E-state index in [1.54, 1.807) is 13.2 Å². The Hall–Kier alpha value is -1.26. The number of carbonyl (C=O) groups excluding carboxylic acids is 2. The molecule has 28 heavy (non-hydrogen) atoms. The highest BCUT2D eigenvalue weighted by atomic mass is 16.7. The lowest BCUT2D eigenvalue weighted by Gasteiger charge is -2.56. The molecule has 0 aromatic carbocycles. The molecule has 0 N–H and O–H groups in total. The molecule has 0 aromatic heterocycles. The molecular weight excluding hydrogens is 352 g/mol. The molecule has 0 spiro atoms. The molecular formula is C24H34O4. The lowest BCUT2D eigenvalue weighted by Crippen LogP contribution is -2.50. The summed E-state index contributed by atoms with van der Waals surface area (Å²) in [6, 6.07) is 0. The average Bonchev–Trinajstić information content (AvgIpc) is 2.92. The maximum atomic E-state index is 13.0. The minimum Gasteiger partial charge on any atom is -0.359 e. The summed E-state index contributed by atoms with van der Waals surface area (Å²) in [5.74, 6) is 2.69. The predicted molar refractivity (Wildman–Crippen MR) is 107 cm³/mol. The van der Waals surface area contributed by atoms with Gasteiger partial charge in [-0.3, -0.25) is 9.59 Å². The van der Waals surface area contributed by atoms with Gasteiger partial charge in [0.05, 0.1) is 0 Å². The first-order valence-corrected chi connectivity index (χ1v) is 10.8. The molecule has 0 unspecified atom stereocenters. The Balaban J connectivity index is 1.58. The summed E-state index contributed by atoms with van der Waals surface area (Å²) < 4.78 is 10.4. The van der Waals surface area contributed by atoms with Crippen molar-refractivity contribution >= 4 is 11.6 Å². The summed E-state index contributed by atoms with van der Waals surface area (Å²) in [5.41, 5.74) is 1.42. The van der Waals surface area contributed by atoms with Gasteiger partial charge >= 0.3 is 0 Å². The first kappa shape index (κ1) is 20.0. The van der Waals surface area contributed by atoms with Gasteiger partial charge in [-0.05, 0) is 73.3 Å². The Bertz CT molecular complexity index is 722. The number of hydrogen-bond donors (Lipinski definition) is 0. The van der Waals surface area contributed by atoms with Gasteiger partial charge < -0.3 is 9.47 Å². The molecule has 3 saturated carbocycles. The molecule has 0 aliphatic heterocycles. The molecule has 0 aromatic rings. The highest BCUT2D eigenvalue weighted by Gasteiger charge is 2.61. The SMILES string of the molecule is COCOCC(=O)[C@H]1[C@@H](C)C[C@H]2[C@@H]3CCC4=CC(=O)C=C[C@]4(C)[C@H]3CC[C@@]21C. The third kappa shape index (κ3) is 2.95. The summed E-state index contributed by atoms with van der Waals surface area (Å²) >= 11 is 0. The van der Waals surface area contributed by atoms with Crippen LogP contribution < -0.4 is 0 Å². The van der Waals surface area contributed by atoms with Crippen LogP contribution in [0.25, 0.3) is 0 Å². The lowest BCUT2D eigenvalue weighted by molar-refractivity contribution is -0.139. The number of Topliss-reactive ketones (excluding diaryl/α,β-unsaturated/α-hetero) is 1. The quantitative estimate of drug-likeness (QED) is 0.521. The van der Waals surface area contributed by atoms with Crippen molar-refractivity contribution < 1.29 is 19.1 Å². The molecule has 0 heterocycles. The van der Waals surface area contributed by atoms with Crippen molar-refractivity contribution in [3.05, 3.63) is 23.8 Å². The minimum absolute atomic E-state index is 0.0189. The second-order valence-electron chi connectivity index (χ2n) is 10.1. The minimum atomic E-state index is 0.0189. The maximum absolute atomic E-state index is 13.0. The maximum Gasteiger partial charge on any atom is 0.178 e. The summed E-state index contributed by atoms with van der Waals surface area (Å²) in [4.78, 5) is 24.9. The highest BCUT2D eigenvalue weighted by molar-refractivity contribution is 6.01. The number of carbonyl (C=O) groups is 2. The molecule has 154 valence electrons. The van der Waals surface area contributed by atoms with Crippen molar-refractivity contribution in [3.8, 4) is 0 Å². The fourth-order valence-corrected chi connectivity index (χ4v) is 7.56. The van der Waals surface area contributed by atoms with Gasteiger partial charge in [-0.25, -0.2) is 0 Å². The number of methoxy groups -OCH3 is 1. The molecule has 0 saturated heterocycles. The molecule has 0 amide bonds.